The maximum atomic E-state index is 12.6. The number of carbonyl (C=O) groups is 1. The average molecular weight is 487 g/mol. The van der Waals surface area contributed by atoms with Gasteiger partial charge in [-0.25, -0.2) is 18.2 Å². The van der Waals surface area contributed by atoms with E-state index in [4.69, 9.17) is 14.6 Å². The van der Waals surface area contributed by atoms with Crippen molar-refractivity contribution in [2.45, 2.75) is 25.8 Å². The molecule has 0 saturated carbocycles. The van der Waals surface area contributed by atoms with Gasteiger partial charge in [0, 0.05) is 30.4 Å². The first kappa shape index (κ1) is 23.9. The highest BCUT2D eigenvalue weighted by Crippen LogP contribution is 2.35. The minimum absolute atomic E-state index is 0.0229. The summed E-state index contributed by atoms with van der Waals surface area (Å²) in [4.78, 5) is 14.5. The summed E-state index contributed by atoms with van der Waals surface area (Å²) in [5, 5.41) is 8.89. The number of amides is 2. The Kier molecular flexibility index (Phi) is 6.70. The quantitative estimate of drug-likeness (QED) is 0.713. The van der Waals surface area contributed by atoms with Crippen LogP contribution in [0.15, 0.2) is 41.5 Å². The number of hydrogen-bond donors (Lipinski definition) is 1. The summed E-state index contributed by atoms with van der Waals surface area (Å²) >= 11 is 0. The molecule has 2 aliphatic heterocycles. The summed E-state index contributed by atoms with van der Waals surface area (Å²) in [6.07, 6.45) is 1.20. The number of hydrogen-bond acceptors (Lipinski definition) is 7. The van der Waals surface area contributed by atoms with Gasteiger partial charge in [-0.2, -0.15) is 5.10 Å². The van der Waals surface area contributed by atoms with Crippen molar-refractivity contribution in [1.82, 2.24) is 10.3 Å². The van der Waals surface area contributed by atoms with Crippen molar-refractivity contribution < 1.29 is 22.7 Å². The molecule has 1 fully saturated rings. The van der Waals surface area contributed by atoms with E-state index in [1.807, 2.05) is 48.2 Å². The number of nitrogens with zero attached hydrogens (tertiary/aromatic N) is 3. The maximum Gasteiger partial charge on any atom is 0.337 e. The fraction of sp³-hybridized carbons (Fsp3) is 0.417. The molecule has 4 rings (SSSR count). The predicted molar refractivity (Wildman–Crippen MR) is 132 cm³/mol. The van der Waals surface area contributed by atoms with E-state index in [9.17, 15) is 13.2 Å². The van der Waals surface area contributed by atoms with Crippen molar-refractivity contribution in [2.75, 3.05) is 44.3 Å². The van der Waals surface area contributed by atoms with Crippen LogP contribution < -0.4 is 19.7 Å². The van der Waals surface area contributed by atoms with Gasteiger partial charge in [0.2, 0.25) is 0 Å². The Balaban J connectivity index is 1.79. The number of benzene rings is 2. The fourth-order valence-electron chi connectivity index (χ4n) is 4.42. The lowest BCUT2D eigenvalue weighted by atomic mass is 9.94. The molecule has 9 nitrogen and oxygen atoms in total. The van der Waals surface area contributed by atoms with Crippen LogP contribution in [-0.4, -0.2) is 70.7 Å². The monoisotopic (exact) mass is 486 g/mol. The third-order valence-electron chi connectivity index (χ3n) is 6.17. The second-order valence-electron chi connectivity index (χ2n) is 8.51. The zero-order chi connectivity index (χ0) is 24.5. The smallest absolute Gasteiger partial charge is 0.337 e. The number of carbonyl (C=O) groups excluding carboxylic acids is 1. The number of urea groups is 1. The molecule has 0 aliphatic carbocycles. The number of rotatable bonds is 4. The van der Waals surface area contributed by atoms with Crippen LogP contribution >= 0.6 is 0 Å². The molecule has 2 aromatic carbocycles. The zero-order valence-electron chi connectivity index (χ0n) is 19.9. The number of ether oxygens (including phenoxy) is 2. The molecule has 1 saturated heterocycles. The van der Waals surface area contributed by atoms with Gasteiger partial charge >= 0.3 is 6.03 Å². The molecule has 0 bridgehead atoms. The lowest BCUT2D eigenvalue weighted by molar-refractivity contribution is 0.184. The summed E-state index contributed by atoms with van der Waals surface area (Å²) in [6.45, 7) is 2.64. The third-order valence-corrected chi connectivity index (χ3v) is 7.78. The SMILES string of the molecule is CNC(=O)N1N=C(c2ccc(N3CCCS(=O)(=O)C3)cc2)c2cc(OC)c(OC)cc2C[C@@H]1C. The first-order valence-corrected chi connectivity index (χ1v) is 13.0. The lowest BCUT2D eigenvalue weighted by Gasteiger charge is -2.28. The summed E-state index contributed by atoms with van der Waals surface area (Å²) in [7, 11) is 1.68. The van der Waals surface area contributed by atoms with Crippen LogP contribution in [0.3, 0.4) is 0 Å². The van der Waals surface area contributed by atoms with E-state index in [2.05, 4.69) is 5.32 Å². The van der Waals surface area contributed by atoms with Crippen molar-refractivity contribution in [3.05, 3.63) is 53.1 Å². The lowest BCUT2D eigenvalue weighted by Crippen LogP contribution is -2.41. The van der Waals surface area contributed by atoms with E-state index in [-0.39, 0.29) is 23.7 Å². The molecule has 2 aliphatic rings. The van der Waals surface area contributed by atoms with Gasteiger partial charge in [-0.1, -0.05) is 12.1 Å². The van der Waals surface area contributed by atoms with Gasteiger partial charge in [0.25, 0.3) is 0 Å². The predicted octanol–water partition coefficient (Wildman–Crippen LogP) is 2.62. The van der Waals surface area contributed by atoms with Gasteiger partial charge < -0.3 is 19.7 Å². The summed E-state index contributed by atoms with van der Waals surface area (Å²) in [5.41, 5.74) is 4.11. The van der Waals surface area contributed by atoms with E-state index in [1.54, 1.807) is 21.3 Å². The van der Waals surface area contributed by atoms with Crippen LogP contribution in [-0.2, 0) is 16.3 Å². The van der Waals surface area contributed by atoms with Gasteiger partial charge in [-0.15, -0.1) is 0 Å². The van der Waals surface area contributed by atoms with Crippen LogP contribution in [0.4, 0.5) is 10.5 Å². The Morgan fingerprint density at radius 3 is 2.41 bits per heavy atom. The Morgan fingerprint density at radius 2 is 1.79 bits per heavy atom. The van der Waals surface area contributed by atoms with Gasteiger partial charge in [0.15, 0.2) is 21.3 Å². The van der Waals surface area contributed by atoms with Crippen molar-refractivity contribution in [3.63, 3.8) is 0 Å². The Hall–Kier alpha value is -3.27. The van der Waals surface area contributed by atoms with E-state index >= 15 is 0 Å². The van der Waals surface area contributed by atoms with Crippen LogP contribution in [0.2, 0.25) is 0 Å². The molecule has 2 aromatic rings. The maximum absolute atomic E-state index is 12.6. The summed E-state index contributed by atoms with van der Waals surface area (Å²) in [6, 6.07) is 11.0. The number of nitrogens with one attached hydrogen (secondary N) is 1. The minimum atomic E-state index is -3.07. The van der Waals surface area contributed by atoms with Crippen LogP contribution in [0, 0.1) is 0 Å². The molecule has 2 amide bonds. The highest BCUT2D eigenvalue weighted by molar-refractivity contribution is 7.91. The largest absolute Gasteiger partial charge is 0.493 e. The number of fused-ring (bicyclic) bond motifs is 1. The number of hydrazone groups is 1. The molecule has 1 N–H and O–H groups in total. The molecular formula is C24H30N4O5S. The van der Waals surface area contributed by atoms with Gasteiger partial charge in [-0.3, -0.25) is 0 Å². The second-order valence-corrected chi connectivity index (χ2v) is 10.7. The van der Waals surface area contributed by atoms with Crippen molar-refractivity contribution in [3.8, 4) is 11.5 Å². The molecule has 182 valence electrons. The molecule has 0 radical (unpaired) electrons. The van der Waals surface area contributed by atoms with E-state index < -0.39 is 9.84 Å². The van der Waals surface area contributed by atoms with Gasteiger partial charge in [0.1, 0.15) is 5.88 Å². The highest BCUT2D eigenvalue weighted by Gasteiger charge is 2.29. The third kappa shape index (κ3) is 4.68. The van der Waals surface area contributed by atoms with Gasteiger partial charge in [-0.05, 0) is 49.6 Å². The molecule has 34 heavy (non-hydrogen) atoms. The minimum Gasteiger partial charge on any atom is -0.493 e. The Labute approximate surface area is 200 Å². The zero-order valence-corrected chi connectivity index (χ0v) is 20.7. The average Bonchev–Trinajstić information content (AvgIpc) is 2.97. The van der Waals surface area contributed by atoms with E-state index in [0.29, 0.717) is 36.6 Å². The van der Waals surface area contributed by atoms with Gasteiger partial charge in [0.05, 0.1) is 31.7 Å². The molecule has 10 heteroatoms. The summed E-state index contributed by atoms with van der Waals surface area (Å²) in [5.74, 6) is 1.44. The van der Waals surface area contributed by atoms with Crippen LogP contribution in [0.5, 0.6) is 11.5 Å². The molecule has 2 heterocycles. The van der Waals surface area contributed by atoms with Crippen molar-refractivity contribution >= 4 is 27.3 Å². The molecule has 0 spiro atoms. The van der Waals surface area contributed by atoms with Crippen molar-refractivity contribution in [2.24, 2.45) is 5.10 Å². The second kappa shape index (κ2) is 9.54. The fourth-order valence-corrected chi connectivity index (χ4v) is 5.88. The van der Waals surface area contributed by atoms with Crippen molar-refractivity contribution in [1.29, 1.82) is 0 Å². The topological polar surface area (TPSA) is 101 Å². The normalized spacial score (nSPS) is 19.5. The molecule has 0 aromatic heterocycles. The Morgan fingerprint density at radius 1 is 1.12 bits per heavy atom. The van der Waals surface area contributed by atoms with Crippen LogP contribution in [0.25, 0.3) is 0 Å². The number of methoxy groups -OCH3 is 2. The Bertz CT molecular complexity index is 1210. The first-order chi connectivity index (χ1) is 16.3. The molecule has 1 atom stereocenters. The molecule has 0 unspecified atom stereocenters. The van der Waals surface area contributed by atoms with Crippen LogP contribution in [0.1, 0.15) is 30.0 Å². The van der Waals surface area contributed by atoms with E-state index in [0.717, 1.165) is 22.4 Å². The van der Waals surface area contributed by atoms with E-state index in [1.165, 1.54) is 5.01 Å². The number of sulfone groups is 1. The number of anilines is 1. The molecular weight excluding hydrogens is 456 g/mol. The first-order valence-electron chi connectivity index (χ1n) is 11.2. The standard InChI is InChI=1S/C24H30N4O5S/c1-16-12-18-13-21(32-3)22(33-4)14-20(18)23(26-28(16)24(29)25-2)17-6-8-19(9-7-17)27-10-5-11-34(30,31)15-27/h6-9,13-14,16H,5,10-12,15H2,1-4H3,(H,25,29)/t16-/m0/s1. The summed E-state index contributed by atoms with van der Waals surface area (Å²) < 4.78 is 35.2. The highest BCUT2D eigenvalue weighted by atomic mass is 32.2.